The van der Waals surface area contributed by atoms with Gasteiger partial charge in [0, 0.05) is 31.6 Å². The van der Waals surface area contributed by atoms with Gasteiger partial charge in [0.2, 0.25) is 5.95 Å². The molecular formula is C28H39N5. The lowest BCUT2D eigenvalue weighted by Gasteiger charge is -2.30. The van der Waals surface area contributed by atoms with Gasteiger partial charge in [-0.2, -0.15) is 4.98 Å². The minimum absolute atomic E-state index is 0.456. The molecule has 3 aromatic rings. The summed E-state index contributed by atoms with van der Waals surface area (Å²) in [6.07, 6.45) is 11.2. The van der Waals surface area contributed by atoms with Gasteiger partial charge in [0.05, 0.1) is 5.52 Å². The Morgan fingerprint density at radius 1 is 0.788 bits per heavy atom. The first-order valence-corrected chi connectivity index (χ1v) is 12.7. The molecule has 0 bridgehead atoms. The van der Waals surface area contributed by atoms with Crippen molar-refractivity contribution in [3.63, 3.8) is 0 Å². The van der Waals surface area contributed by atoms with E-state index in [1.807, 2.05) is 26.2 Å². The van der Waals surface area contributed by atoms with Crippen LogP contribution in [0.1, 0.15) is 56.9 Å². The normalized spacial score (nSPS) is 18.4. The summed E-state index contributed by atoms with van der Waals surface area (Å²) in [5, 5.41) is 8.51. The number of fused-ring (bicyclic) bond motifs is 1. The van der Waals surface area contributed by atoms with Gasteiger partial charge in [-0.05, 0) is 69.2 Å². The Kier molecular flexibility index (Phi) is 8.53. The molecule has 1 saturated carbocycles. The lowest BCUT2D eigenvalue weighted by molar-refractivity contribution is 0.350. The van der Waals surface area contributed by atoms with Crippen LogP contribution >= 0.6 is 0 Å². The second-order valence-corrected chi connectivity index (χ2v) is 9.58. The maximum Gasteiger partial charge on any atom is 0.225 e. The van der Waals surface area contributed by atoms with Crippen molar-refractivity contribution in [2.24, 2.45) is 0 Å². The van der Waals surface area contributed by atoms with Crippen LogP contribution in [0.2, 0.25) is 0 Å². The lowest BCUT2D eigenvalue weighted by Crippen LogP contribution is -2.37. The molecule has 4 rings (SSSR count). The van der Waals surface area contributed by atoms with Gasteiger partial charge in [-0.3, -0.25) is 0 Å². The molecule has 0 spiro atoms. The Labute approximate surface area is 199 Å². The number of para-hydroxylation sites is 1. The second kappa shape index (κ2) is 12.0. The molecule has 0 aliphatic heterocycles. The first-order valence-electron chi connectivity index (χ1n) is 12.7. The molecule has 5 nitrogen and oxygen atoms in total. The molecular weight excluding hydrogens is 406 g/mol. The van der Waals surface area contributed by atoms with Gasteiger partial charge in [0.1, 0.15) is 5.82 Å². The SMILES string of the molecule is CN(C)c1nc(NC2CCC(NCCCCCCc3ccccc3)CC2)nc2ccccc12. The molecule has 0 amide bonds. The third-order valence-corrected chi connectivity index (χ3v) is 6.74. The van der Waals surface area contributed by atoms with E-state index in [0.29, 0.717) is 12.1 Å². The van der Waals surface area contributed by atoms with Crippen LogP contribution in [0.15, 0.2) is 54.6 Å². The predicted molar refractivity (Wildman–Crippen MR) is 140 cm³/mol. The smallest absolute Gasteiger partial charge is 0.225 e. The molecule has 2 aromatic carbocycles. The lowest BCUT2D eigenvalue weighted by atomic mass is 9.91. The van der Waals surface area contributed by atoms with Gasteiger partial charge in [-0.1, -0.05) is 55.3 Å². The summed E-state index contributed by atoms with van der Waals surface area (Å²) in [5.41, 5.74) is 2.46. The van der Waals surface area contributed by atoms with Crippen molar-refractivity contribution in [2.75, 3.05) is 30.9 Å². The maximum atomic E-state index is 4.81. The molecule has 176 valence electrons. The number of nitrogens with one attached hydrogen (secondary N) is 2. The molecule has 33 heavy (non-hydrogen) atoms. The second-order valence-electron chi connectivity index (χ2n) is 9.58. The Hall–Kier alpha value is -2.66. The topological polar surface area (TPSA) is 53.1 Å². The van der Waals surface area contributed by atoms with Crippen molar-refractivity contribution in [2.45, 2.75) is 69.9 Å². The van der Waals surface area contributed by atoms with Crippen LogP contribution in [0.5, 0.6) is 0 Å². The number of nitrogens with zero attached hydrogens (tertiary/aromatic N) is 3. The van der Waals surface area contributed by atoms with E-state index in [0.717, 1.165) is 29.2 Å². The zero-order valence-corrected chi connectivity index (χ0v) is 20.3. The van der Waals surface area contributed by atoms with Gasteiger partial charge in [-0.15, -0.1) is 0 Å². The van der Waals surface area contributed by atoms with Gasteiger partial charge < -0.3 is 15.5 Å². The highest BCUT2D eigenvalue weighted by Crippen LogP contribution is 2.26. The molecule has 5 heteroatoms. The number of unbranched alkanes of at least 4 members (excludes halogenated alkanes) is 3. The molecule has 0 radical (unpaired) electrons. The fourth-order valence-electron chi connectivity index (χ4n) is 4.85. The van der Waals surface area contributed by atoms with E-state index in [1.165, 1.54) is 63.4 Å². The van der Waals surface area contributed by atoms with Crippen LogP contribution in [0.3, 0.4) is 0 Å². The molecule has 0 atom stereocenters. The molecule has 1 aromatic heterocycles. The number of rotatable bonds is 11. The molecule has 1 fully saturated rings. The van der Waals surface area contributed by atoms with Crippen molar-refractivity contribution < 1.29 is 0 Å². The van der Waals surface area contributed by atoms with Crippen LogP contribution in [-0.4, -0.2) is 42.7 Å². The summed E-state index contributed by atoms with van der Waals surface area (Å²) in [6.45, 7) is 1.15. The number of hydrogen-bond acceptors (Lipinski definition) is 5. The highest BCUT2D eigenvalue weighted by molar-refractivity contribution is 5.90. The summed E-state index contributed by atoms with van der Waals surface area (Å²) in [7, 11) is 4.08. The van der Waals surface area contributed by atoms with Gasteiger partial charge in [0.15, 0.2) is 0 Å². The third kappa shape index (κ3) is 6.91. The van der Waals surface area contributed by atoms with E-state index >= 15 is 0 Å². The van der Waals surface area contributed by atoms with Gasteiger partial charge >= 0.3 is 0 Å². The molecule has 0 saturated heterocycles. The summed E-state index contributed by atoms with van der Waals surface area (Å²) < 4.78 is 0. The van der Waals surface area contributed by atoms with Crippen LogP contribution in [0, 0.1) is 0 Å². The minimum atomic E-state index is 0.456. The van der Waals surface area contributed by atoms with E-state index in [2.05, 4.69) is 58.0 Å². The van der Waals surface area contributed by atoms with Gasteiger partial charge in [0.25, 0.3) is 0 Å². The molecule has 1 heterocycles. The van der Waals surface area contributed by atoms with Crippen LogP contribution in [0.25, 0.3) is 10.9 Å². The maximum absolute atomic E-state index is 4.81. The quantitative estimate of drug-likeness (QED) is 0.365. The Bertz CT molecular complexity index is 980. The fourth-order valence-corrected chi connectivity index (χ4v) is 4.85. The summed E-state index contributed by atoms with van der Waals surface area (Å²) >= 11 is 0. The minimum Gasteiger partial charge on any atom is -0.362 e. The average molecular weight is 446 g/mol. The number of anilines is 2. The standard InChI is InChI=1S/C28H39N5/c1-33(2)27-25-15-9-10-16-26(25)31-28(32-27)30-24-19-17-23(18-20-24)29-21-11-4-3-6-12-22-13-7-5-8-14-22/h5,7-10,13-16,23-24,29H,3-4,6,11-12,17-21H2,1-2H3,(H,30,31,32). The van der Waals surface area contributed by atoms with E-state index in [1.54, 1.807) is 0 Å². The largest absolute Gasteiger partial charge is 0.362 e. The predicted octanol–water partition coefficient (Wildman–Crippen LogP) is 5.81. The van der Waals surface area contributed by atoms with E-state index < -0.39 is 0 Å². The van der Waals surface area contributed by atoms with E-state index in [-0.39, 0.29) is 0 Å². The highest BCUT2D eigenvalue weighted by Gasteiger charge is 2.21. The van der Waals surface area contributed by atoms with Crippen molar-refractivity contribution in [1.29, 1.82) is 0 Å². The van der Waals surface area contributed by atoms with E-state index in [9.17, 15) is 0 Å². The molecule has 2 N–H and O–H groups in total. The summed E-state index contributed by atoms with van der Waals surface area (Å²) in [4.78, 5) is 11.6. The molecule has 1 aliphatic rings. The zero-order chi connectivity index (χ0) is 22.9. The van der Waals surface area contributed by atoms with Crippen LogP contribution in [-0.2, 0) is 6.42 Å². The monoisotopic (exact) mass is 445 g/mol. The first-order chi connectivity index (χ1) is 16.2. The Morgan fingerprint density at radius 2 is 1.48 bits per heavy atom. The van der Waals surface area contributed by atoms with Crippen molar-refractivity contribution >= 4 is 22.7 Å². The Balaban J connectivity index is 1.14. The molecule has 0 unspecified atom stereocenters. The third-order valence-electron chi connectivity index (χ3n) is 6.74. The summed E-state index contributed by atoms with van der Waals surface area (Å²) in [6, 6.07) is 20.2. The average Bonchev–Trinajstić information content (AvgIpc) is 2.84. The highest BCUT2D eigenvalue weighted by atomic mass is 15.2. The van der Waals surface area contributed by atoms with Crippen molar-refractivity contribution in [3.05, 3.63) is 60.2 Å². The van der Waals surface area contributed by atoms with Gasteiger partial charge in [-0.25, -0.2) is 4.98 Å². The number of aromatic nitrogens is 2. The number of hydrogen-bond donors (Lipinski definition) is 2. The zero-order valence-electron chi connectivity index (χ0n) is 20.3. The summed E-state index contributed by atoms with van der Waals surface area (Å²) in [5.74, 6) is 1.73. The van der Waals surface area contributed by atoms with Crippen molar-refractivity contribution in [3.8, 4) is 0 Å². The number of benzene rings is 2. The van der Waals surface area contributed by atoms with Crippen LogP contribution < -0.4 is 15.5 Å². The number of aryl methyl sites for hydroxylation is 1. The Morgan fingerprint density at radius 3 is 2.27 bits per heavy atom. The first kappa shape index (κ1) is 23.5. The fraction of sp³-hybridized carbons (Fsp3) is 0.500. The van der Waals surface area contributed by atoms with Crippen molar-refractivity contribution in [1.82, 2.24) is 15.3 Å². The van der Waals surface area contributed by atoms with Crippen LogP contribution in [0.4, 0.5) is 11.8 Å². The molecule has 1 aliphatic carbocycles. The van der Waals surface area contributed by atoms with E-state index in [4.69, 9.17) is 9.97 Å².